The van der Waals surface area contributed by atoms with Gasteiger partial charge < -0.3 is 8.83 Å². The number of fused-ring (bicyclic) bond motifs is 9. The van der Waals surface area contributed by atoms with Crippen LogP contribution in [0.1, 0.15) is 0 Å². The molecule has 0 saturated heterocycles. The molecule has 6 heteroatoms. The maximum atomic E-state index is 12.0. The Balaban J connectivity index is 2.40. The Hall–Kier alpha value is -3.28. The lowest BCUT2D eigenvalue weighted by atomic mass is 9.88. The van der Waals surface area contributed by atoms with E-state index >= 15 is 0 Å². The summed E-state index contributed by atoms with van der Waals surface area (Å²) in [7, 11) is 0. The van der Waals surface area contributed by atoms with Crippen LogP contribution in [0.2, 0.25) is 0 Å². The molecule has 104 valence electrons. The average Bonchev–Trinajstić information content (AvgIpc) is 2.91. The van der Waals surface area contributed by atoms with E-state index in [1.165, 1.54) is 0 Å². The molecular weight excluding hydrogens is 288 g/mol. The van der Waals surface area contributed by atoms with E-state index in [-0.39, 0.29) is 21.5 Å². The van der Waals surface area contributed by atoms with Crippen molar-refractivity contribution in [3.05, 3.63) is 65.9 Å². The van der Waals surface area contributed by atoms with Crippen LogP contribution in [0.5, 0.6) is 0 Å². The molecule has 0 unspecified atom stereocenters. The largest absolute Gasteiger partial charge is 0.386 e. The summed E-state index contributed by atoms with van der Waals surface area (Å²) in [6.45, 7) is 0. The van der Waals surface area contributed by atoms with Crippen molar-refractivity contribution in [1.29, 1.82) is 0 Å². The first kappa shape index (κ1) is 11.4. The van der Waals surface area contributed by atoms with Crippen LogP contribution < -0.4 is 22.5 Å². The highest BCUT2D eigenvalue weighted by molar-refractivity contribution is 6.41. The number of furan rings is 2. The maximum absolute atomic E-state index is 12.0. The summed E-state index contributed by atoms with van der Waals surface area (Å²) in [6, 6.07) is 7.13. The van der Waals surface area contributed by atoms with Gasteiger partial charge in [-0.2, -0.15) is 0 Å². The zero-order valence-electron chi connectivity index (χ0n) is 10.8. The Bertz CT molecular complexity index is 1330. The van der Waals surface area contributed by atoms with E-state index in [2.05, 4.69) is 8.83 Å². The van der Waals surface area contributed by atoms with Gasteiger partial charge in [0.2, 0.25) is 0 Å². The summed E-state index contributed by atoms with van der Waals surface area (Å²) in [5, 5.41) is 2.21. The van der Waals surface area contributed by atoms with Gasteiger partial charge in [-0.15, -0.1) is 0 Å². The van der Waals surface area contributed by atoms with Crippen LogP contribution in [0.15, 0.2) is 52.3 Å². The third kappa shape index (κ3) is 1.02. The molecule has 0 aliphatic heterocycles. The van der Waals surface area contributed by atoms with Gasteiger partial charge in [0.05, 0.1) is 21.5 Å². The summed E-state index contributed by atoms with van der Waals surface area (Å²) < 4.78 is 9.26. The minimum atomic E-state index is -0.921. The van der Waals surface area contributed by atoms with Crippen LogP contribution in [-0.2, 0) is 0 Å². The third-order valence-electron chi connectivity index (χ3n) is 4.15. The van der Waals surface area contributed by atoms with Gasteiger partial charge in [-0.05, 0) is 10.8 Å². The molecule has 2 aromatic heterocycles. The maximum Gasteiger partial charge on any atom is 0.347 e. The number of hydrogen-bond acceptors (Lipinski definition) is 6. The highest BCUT2D eigenvalue weighted by Gasteiger charge is 2.28. The lowest BCUT2D eigenvalue weighted by Crippen LogP contribution is -2.01. The number of benzene rings is 2. The summed E-state index contributed by atoms with van der Waals surface area (Å²) >= 11 is 0. The molecular formula is C16H4O6. The minimum Gasteiger partial charge on any atom is -0.386 e. The molecule has 5 rings (SSSR count). The number of hydrogen-bond donors (Lipinski definition) is 0. The molecule has 0 N–H and O–H groups in total. The summed E-state index contributed by atoms with van der Waals surface area (Å²) in [6.07, 6.45) is 0. The molecule has 0 fully saturated rings. The Labute approximate surface area is 118 Å². The molecule has 22 heavy (non-hydrogen) atoms. The lowest BCUT2D eigenvalue weighted by molar-refractivity contribution is 0.497. The van der Waals surface area contributed by atoms with Crippen LogP contribution in [0, 0.1) is 0 Å². The summed E-state index contributed by atoms with van der Waals surface area (Å²) in [5.41, 5.74) is -3.45. The molecule has 3 aromatic carbocycles. The molecule has 2 heterocycles. The van der Waals surface area contributed by atoms with Gasteiger partial charge in [-0.1, -0.05) is 24.3 Å². The molecule has 0 aliphatic carbocycles. The first-order valence-corrected chi connectivity index (χ1v) is 6.46. The van der Waals surface area contributed by atoms with Gasteiger partial charge >= 0.3 is 22.5 Å². The molecule has 0 radical (unpaired) electrons. The molecule has 0 bridgehead atoms. The van der Waals surface area contributed by atoms with Gasteiger partial charge in [0.15, 0.2) is 0 Å². The Morgan fingerprint density at radius 1 is 0.500 bits per heavy atom. The quantitative estimate of drug-likeness (QED) is 0.426. The van der Waals surface area contributed by atoms with Crippen LogP contribution in [0.3, 0.4) is 0 Å². The van der Waals surface area contributed by atoms with Crippen molar-refractivity contribution in [2.45, 2.75) is 0 Å². The second kappa shape index (κ2) is 3.30. The first-order valence-electron chi connectivity index (χ1n) is 6.46. The zero-order chi connectivity index (χ0) is 15.2. The van der Waals surface area contributed by atoms with Crippen molar-refractivity contribution >= 4 is 43.1 Å². The summed E-state index contributed by atoms with van der Waals surface area (Å²) in [4.78, 5) is 47.9. The predicted molar refractivity (Wildman–Crippen MR) is 79.6 cm³/mol. The van der Waals surface area contributed by atoms with Gasteiger partial charge in [-0.25, -0.2) is 19.2 Å². The van der Waals surface area contributed by atoms with E-state index in [1.54, 1.807) is 24.3 Å². The monoisotopic (exact) mass is 292 g/mol. The number of rotatable bonds is 0. The molecule has 0 amide bonds. The molecule has 0 atom stereocenters. The summed E-state index contributed by atoms with van der Waals surface area (Å²) in [5.74, 6) is 0. The molecule has 0 aliphatic rings. The average molecular weight is 292 g/mol. The second-order valence-corrected chi connectivity index (χ2v) is 5.15. The fourth-order valence-electron chi connectivity index (χ4n) is 3.33. The Kier molecular flexibility index (Phi) is 1.71. The lowest BCUT2D eigenvalue weighted by Gasteiger charge is -2.11. The zero-order valence-corrected chi connectivity index (χ0v) is 10.8. The van der Waals surface area contributed by atoms with Gasteiger partial charge in [-0.3, -0.25) is 0 Å². The van der Waals surface area contributed by atoms with E-state index in [1.807, 2.05) is 0 Å². The van der Waals surface area contributed by atoms with Crippen LogP contribution in [0.25, 0.3) is 43.1 Å². The van der Waals surface area contributed by atoms with E-state index in [0.29, 0.717) is 10.8 Å². The van der Waals surface area contributed by atoms with Crippen molar-refractivity contribution in [2.75, 3.05) is 0 Å². The van der Waals surface area contributed by atoms with E-state index in [0.717, 1.165) is 10.8 Å². The van der Waals surface area contributed by atoms with Gasteiger partial charge in [0, 0.05) is 10.8 Å². The normalized spacial score (nSPS) is 12.4. The fourth-order valence-corrected chi connectivity index (χ4v) is 3.33. The molecule has 6 nitrogen and oxygen atoms in total. The van der Waals surface area contributed by atoms with Crippen LogP contribution in [0.4, 0.5) is 0 Å². The predicted octanol–water partition coefficient (Wildman–Crippen LogP) is 1.24. The van der Waals surface area contributed by atoms with Crippen molar-refractivity contribution < 1.29 is 8.83 Å². The minimum absolute atomic E-state index is 0.0455. The van der Waals surface area contributed by atoms with Gasteiger partial charge in [0.25, 0.3) is 0 Å². The van der Waals surface area contributed by atoms with Crippen molar-refractivity contribution in [1.82, 2.24) is 0 Å². The smallest absolute Gasteiger partial charge is 0.347 e. The molecule has 0 spiro atoms. The van der Waals surface area contributed by atoms with Gasteiger partial charge in [0.1, 0.15) is 0 Å². The van der Waals surface area contributed by atoms with E-state index in [4.69, 9.17) is 0 Å². The Morgan fingerprint density at radius 2 is 0.818 bits per heavy atom. The van der Waals surface area contributed by atoms with Crippen molar-refractivity contribution in [2.24, 2.45) is 0 Å². The SMILES string of the molecule is O=c1oc(=O)c2c1c1c(=O)oc(=O)c1c1c3ccccc3c21. The first-order chi connectivity index (χ1) is 10.6. The fraction of sp³-hybridized carbons (Fsp3) is 0. The molecule has 0 saturated carbocycles. The Morgan fingerprint density at radius 3 is 1.18 bits per heavy atom. The van der Waals surface area contributed by atoms with Crippen LogP contribution in [-0.4, -0.2) is 0 Å². The van der Waals surface area contributed by atoms with E-state index in [9.17, 15) is 19.2 Å². The van der Waals surface area contributed by atoms with E-state index < -0.39 is 22.5 Å². The highest BCUT2D eigenvalue weighted by Crippen LogP contribution is 2.41. The standard InChI is InChI=1S/C16H4O6/c17-13-9-7-5-3-1-2-4-6(5)8(7)10-12(11(9)15(19)21-13)16(20)22-14(10)18/h1-4H. The van der Waals surface area contributed by atoms with Crippen molar-refractivity contribution in [3.8, 4) is 0 Å². The third-order valence-corrected chi connectivity index (χ3v) is 4.15. The van der Waals surface area contributed by atoms with Crippen molar-refractivity contribution in [3.63, 3.8) is 0 Å². The second-order valence-electron chi connectivity index (χ2n) is 5.15. The molecule has 5 aromatic rings. The highest BCUT2D eigenvalue weighted by atomic mass is 16.4. The van der Waals surface area contributed by atoms with Crippen LogP contribution >= 0.6 is 0 Å². The topological polar surface area (TPSA) is 94.6 Å².